The number of carboxylic acids is 1. The second kappa shape index (κ2) is 6.69. The predicted octanol–water partition coefficient (Wildman–Crippen LogP) is 0.507. The molecule has 0 aliphatic heterocycles. The Morgan fingerprint density at radius 3 is 2.82 bits per heavy atom. The van der Waals surface area contributed by atoms with E-state index in [9.17, 15) is 4.79 Å². The second-order valence-electron chi connectivity index (χ2n) is 5.71. The van der Waals surface area contributed by atoms with Gasteiger partial charge in [-0.15, -0.1) is 0 Å². The van der Waals surface area contributed by atoms with Gasteiger partial charge in [0, 0.05) is 6.54 Å². The summed E-state index contributed by atoms with van der Waals surface area (Å²) in [6, 6.07) is -0.748. The molecule has 0 aliphatic carbocycles. The van der Waals surface area contributed by atoms with E-state index in [0.717, 1.165) is 5.52 Å². The van der Waals surface area contributed by atoms with Gasteiger partial charge in [-0.25, -0.2) is 9.97 Å². The highest BCUT2D eigenvalue weighted by atomic mass is 16.4. The molecule has 0 spiro atoms. The number of nitrogens with zero attached hydrogens (tertiary/aromatic N) is 4. The number of hydrogen-bond donors (Lipinski definition) is 3. The van der Waals surface area contributed by atoms with Gasteiger partial charge in [0.25, 0.3) is 0 Å². The summed E-state index contributed by atoms with van der Waals surface area (Å²) < 4.78 is 1.79. The fraction of sp³-hybridized carbons (Fsp3) is 0.571. The number of carbonyl (C=O) groups is 1. The molecule has 2 rings (SSSR count). The van der Waals surface area contributed by atoms with E-state index in [1.807, 2.05) is 6.92 Å². The molecule has 2 aromatic rings. The largest absolute Gasteiger partial charge is 0.480 e. The monoisotopic (exact) mass is 306 g/mol. The van der Waals surface area contributed by atoms with Crippen LogP contribution < -0.4 is 11.2 Å². The Bertz CT molecular complexity index is 717. The Hall–Kier alpha value is -2.22. The summed E-state index contributed by atoms with van der Waals surface area (Å²) >= 11 is 0. The smallest absolute Gasteiger partial charge is 0.320 e. The number of H-pyrrole nitrogens is 1. The molecule has 0 bridgehead atoms. The number of nitrogens with one attached hydrogen (secondary N) is 1. The number of aromatic nitrogens is 4. The number of carboxylic acid groups (broad SMARTS) is 1. The summed E-state index contributed by atoms with van der Waals surface area (Å²) in [4.78, 5) is 27.1. The van der Waals surface area contributed by atoms with Gasteiger partial charge in [-0.05, 0) is 19.3 Å². The van der Waals surface area contributed by atoms with Crippen LogP contribution in [0.2, 0.25) is 0 Å². The van der Waals surface area contributed by atoms with E-state index in [4.69, 9.17) is 10.8 Å². The van der Waals surface area contributed by atoms with Crippen molar-refractivity contribution in [2.45, 2.75) is 45.8 Å². The van der Waals surface area contributed by atoms with Gasteiger partial charge in [0.05, 0.1) is 18.7 Å². The van der Waals surface area contributed by atoms with Crippen LogP contribution >= 0.6 is 0 Å². The van der Waals surface area contributed by atoms with E-state index < -0.39 is 12.0 Å². The molecule has 0 radical (unpaired) electrons. The quantitative estimate of drug-likeness (QED) is 0.717. The molecule has 22 heavy (non-hydrogen) atoms. The first kappa shape index (κ1) is 16.2. The first-order valence-electron chi connectivity index (χ1n) is 7.31. The van der Waals surface area contributed by atoms with Gasteiger partial charge in [0.2, 0.25) is 0 Å². The van der Waals surface area contributed by atoms with Crippen molar-refractivity contribution in [2.75, 3.05) is 0 Å². The normalized spacial score (nSPS) is 15.4. The Morgan fingerprint density at radius 2 is 2.18 bits per heavy atom. The number of nitrogens with two attached hydrogens (primary N) is 1. The van der Waals surface area contributed by atoms with Crippen LogP contribution in [0.15, 0.2) is 17.6 Å². The van der Waals surface area contributed by atoms with E-state index in [1.165, 1.54) is 0 Å². The SMILES string of the molecule is CC(C)C(C)N=c1ncn(CCC(N)C(=O)O)c2nc[nH]c12. The fourth-order valence-electron chi connectivity index (χ4n) is 1.92. The topological polar surface area (TPSA) is 122 Å². The lowest BCUT2D eigenvalue weighted by molar-refractivity contribution is -0.138. The zero-order valence-corrected chi connectivity index (χ0v) is 13.0. The maximum atomic E-state index is 10.8. The molecule has 0 saturated heterocycles. The summed E-state index contributed by atoms with van der Waals surface area (Å²) in [7, 11) is 0. The van der Waals surface area contributed by atoms with Crippen LogP contribution in [0, 0.1) is 5.92 Å². The first-order chi connectivity index (χ1) is 10.4. The highest BCUT2D eigenvalue weighted by molar-refractivity contribution is 5.73. The van der Waals surface area contributed by atoms with E-state index in [2.05, 4.69) is 33.8 Å². The van der Waals surface area contributed by atoms with Crippen LogP contribution in [0.3, 0.4) is 0 Å². The lowest BCUT2D eigenvalue weighted by Gasteiger charge is -2.11. The third kappa shape index (κ3) is 3.51. The van der Waals surface area contributed by atoms with Gasteiger partial charge in [-0.2, -0.15) is 0 Å². The third-order valence-corrected chi connectivity index (χ3v) is 3.72. The molecule has 2 aromatic heterocycles. The molecular formula is C14H22N6O2. The zero-order chi connectivity index (χ0) is 16.3. The fourth-order valence-corrected chi connectivity index (χ4v) is 1.92. The molecule has 2 atom stereocenters. The summed E-state index contributed by atoms with van der Waals surface area (Å²) in [5, 5.41) is 8.84. The average molecular weight is 306 g/mol. The molecule has 0 amide bonds. The molecule has 8 heteroatoms. The number of imidazole rings is 1. The molecule has 0 aromatic carbocycles. The van der Waals surface area contributed by atoms with Crippen molar-refractivity contribution in [2.24, 2.45) is 16.6 Å². The highest BCUT2D eigenvalue weighted by Crippen LogP contribution is 2.07. The van der Waals surface area contributed by atoms with Crippen molar-refractivity contribution < 1.29 is 9.90 Å². The summed E-state index contributed by atoms with van der Waals surface area (Å²) in [6.07, 6.45) is 3.52. The third-order valence-electron chi connectivity index (χ3n) is 3.72. The molecule has 0 fully saturated rings. The maximum Gasteiger partial charge on any atom is 0.320 e. The van der Waals surface area contributed by atoms with Gasteiger partial charge >= 0.3 is 5.97 Å². The molecule has 120 valence electrons. The summed E-state index contributed by atoms with van der Waals surface area (Å²) in [6.45, 7) is 6.69. The second-order valence-corrected chi connectivity index (χ2v) is 5.71. The van der Waals surface area contributed by atoms with Crippen LogP contribution in [-0.4, -0.2) is 42.7 Å². The minimum atomic E-state index is -1.01. The molecule has 2 unspecified atom stereocenters. The molecule has 2 heterocycles. The van der Waals surface area contributed by atoms with Crippen LogP contribution in [0.25, 0.3) is 11.2 Å². The minimum Gasteiger partial charge on any atom is -0.480 e. The van der Waals surface area contributed by atoms with Gasteiger partial charge in [0.15, 0.2) is 11.1 Å². The van der Waals surface area contributed by atoms with Crippen LogP contribution in [-0.2, 0) is 11.3 Å². The van der Waals surface area contributed by atoms with Crippen molar-refractivity contribution in [3.05, 3.63) is 18.1 Å². The highest BCUT2D eigenvalue weighted by Gasteiger charge is 2.13. The zero-order valence-electron chi connectivity index (χ0n) is 13.0. The number of fused-ring (bicyclic) bond motifs is 1. The number of aromatic amines is 1. The van der Waals surface area contributed by atoms with Crippen molar-refractivity contribution in [3.63, 3.8) is 0 Å². The van der Waals surface area contributed by atoms with Gasteiger partial charge in [-0.1, -0.05) is 13.8 Å². The Labute approximate surface area is 128 Å². The molecular weight excluding hydrogens is 284 g/mol. The van der Waals surface area contributed by atoms with E-state index in [0.29, 0.717) is 30.0 Å². The van der Waals surface area contributed by atoms with Crippen LogP contribution in [0.1, 0.15) is 27.2 Å². The van der Waals surface area contributed by atoms with Crippen molar-refractivity contribution in [1.82, 2.24) is 19.5 Å². The molecule has 8 nitrogen and oxygen atoms in total. The minimum absolute atomic E-state index is 0.148. The van der Waals surface area contributed by atoms with Crippen molar-refractivity contribution >= 4 is 17.1 Å². The van der Waals surface area contributed by atoms with E-state index in [1.54, 1.807) is 17.2 Å². The first-order valence-corrected chi connectivity index (χ1v) is 7.31. The maximum absolute atomic E-state index is 10.8. The average Bonchev–Trinajstić information content (AvgIpc) is 2.95. The number of aliphatic carboxylic acids is 1. The van der Waals surface area contributed by atoms with Gasteiger partial charge in [0.1, 0.15) is 11.6 Å². The van der Waals surface area contributed by atoms with Gasteiger partial charge < -0.3 is 20.4 Å². The van der Waals surface area contributed by atoms with Crippen LogP contribution in [0.5, 0.6) is 0 Å². The van der Waals surface area contributed by atoms with Crippen molar-refractivity contribution in [1.29, 1.82) is 0 Å². The van der Waals surface area contributed by atoms with Crippen molar-refractivity contribution in [3.8, 4) is 0 Å². The molecule has 0 saturated carbocycles. The van der Waals surface area contributed by atoms with Gasteiger partial charge in [-0.3, -0.25) is 9.79 Å². The summed E-state index contributed by atoms with van der Waals surface area (Å²) in [5.41, 5.74) is 7.60. The number of hydrogen-bond acceptors (Lipinski definition) is 5. The predicted molar refractivity (Wildman–Crippen MR) is 82.0 cm³/mol. The van der Waals surface area contributed by atoms with E-state index >= 15 is 0 Å². The Kier molecular flexibility index (Phi) is 4.92. The lowest BCUT2D eigenvalue weighted by Crippen LogP contribution is -2.31. The Balaban J connectivity index is 2.33. The lowest BCUT2D eigenvalue weighted by atomic mass is 10.1. The Morgan fingerprint density at radius 1 is 1.45 bits per heavy atom. The number of aryl methyl sites for hydroxylation is 1. The number of rotatable bonds is 6. The summed E-state index contributed by atoms with van der Waals surface area (Å²) in [5.74, 6) is -0.593. The molecule has 0 aliphatic rings. The molecule has 4 N–H and O–H groups in total. The standard InChI is InChI=1S/C14H22N6O2/c1-8(2)9(3)19-12-11-13(17-6-16-11)20(7-18-12)5-4-10(15)14(21)22/h6-10H,4-5,15H2,1-3H3,(H,16,17)(H,21,22). The van der Waals surface area contributed by atoms with Crippen LogP contribution in [0.4, 0.5) is 0 Å². The van der Waals surface area contributed by atoms with E-state index in [-0.39, 0.29) is 6.04 Å².